The lowest BCUT2D eigenvalue weighted by Gasteiger charge is -2.20. The van der Waals surface area contributed by atoms with Crippen molar-refractivity contribution < 1.29 is 0 Å². The van der Waals surface area contributed by atoms with E-state index in [1.807, 2.05) is 24.3 Å². The highest BCUT2D eigenvalue weighted by molar-refractivity contribution is 5.84. The van der Waals surface area contributed by atoms with Crippen LogP contribution in [0.25, 0.3) is 22.0 Å². The molecule has 4 nitrogen and oxygen atoms in total. The molecular formula is C22H22N4. The number of nitrogens with zero attached hydrogens (tertiary/aromatic N) is 4. The quantitative estimate of drug-likeness (QED) is 0.713. The van der Waals surface area contributed by atoms with Crippen LogP contribution in [0.15, 0.2) is 48.5 Å². The number of rotatable bonds is 4. The highest BCUT2D eigenvalue weighted by Crippen LogP contribution is 2.24. The number of nitriles is 1. The minimum absolute atomic E-state index is 0.672. The van der Waals surface area contributed by atoms with Crippen molar-refractivity contribution in [3.8, 4) is 17.2 Å². The van der Waals surface area contributed by atoms with Gasteiger partial charge in [-0.05, 0) is 61.7 Å². The lowest BCUT2D eigenvalue weighted by Crippen LogP contribution is -2.29. The first-order valence-corrected chi connectivity index (χ1v) is 9.24. The van der Waals surface area contributed by atoms with Gasteiger partial charge in [-0.3, -0.25) is 0 Å². The second-order valence-electron chi connectivity index (χ2n) is 7.08. The molecule has 0 aliphatic carbocycles. The number of fused-ring (bicyclic) bond motifs is 1. The standard InChI is InChI=1S/C22H22N4/c1-16-3-2-11-26(16)12-10-21-13-20-9-8-19(14-22(20)25-24-21)18-6-4-17(15-23)5-7-18/h4-9,13-14,16H,2-3,10-12H2,1H3. The van der Waals surface area contributed by atoms with E-state index < -0.39 is 0 Å². The van der Waals surface area contributed by atoms with E-state index in [2.05, 4.69) is 52.4 Å². The van der Waals surface area contributed by atoms with Gasteiger partial charge in [0.15, 0.2) is 0 Å². The van der Waals surface area contributed by atoms with Gasteiger partial charge < -0.3 is 4.90 Å². The van der Waals surface area contributed by atoms with E-state index in [1.54, 1.807) is 0 Å². The number of aromatic nitrogens is 2. The van der Waals surface area contributed by atoms with Crippen LogP contribution in [0.5, 0.6) is 0 Å². The molecular weight excluding hydrogens is 320 g/mol. The van der Waals surface area contributed by atoms with Gasteiger partial charge in [0.2, 0.25) is 0 Å². The molecule has 1 unspecified atom stereocenters. The molecule has 4 rings (SSSR count). The summed E-state index contributed by atoms with van der Waals surface area (Å²) >= 11 is 0. The van der Waals surface area contributed by atoms with Gasteiger partial charge in [0.25, 0.3) is 0 Å². The minimum Gasteiger partial charge on any atom is -0.300 e. The Bertz CT molecular complexity index is 956. The second kappa shape index (κ2) is 7.23. The second-order valence-corrected chi connectivity index (χ2v) is 7.08. The summed E-state index contributed by atoms with van der Waals surface area (Å²) < 4.78 is 0. The topological polar surface area (TPSA) is 52.8 Å². The maximum Gasteiger partial charge on any atom is 0.0991 e. The summed E-state index contributed by atoms with van der Waals surface area (Å²) in [7, 11) is 0. The summed E-state index contributed by atoms with van der Waals surface area (Å²) in [4.78, 5) is 2.54. The van der Waals surface area contributed by atoms with Crippen LogP contribution in [0.1, 0.15) is 31.0 Å². The van der Waals surface area contributed by atoms with E-state index in [4.69, 9.17) is 5.26 Å². The molecule has 0 bridgehead atoms. The molecule has 4 heteroatoms. The molecule has 26 heavy (non-hydrogen) atoms. The molecule has 2 aromatic carbocycles. The van der Waals surface area contributed by atoms with Crippen molar-refractivity contribution in [3.63, 3.8) is 0 Å². The van der Waals surface area contributed by atoms with Crippen LogP contribution in [0, 0.1) is 11.3 Å². The third kappa shape index (κ3) is 3.44. The zero-order valence-electron chi connectivity index (χ0n) is 15.0. The zero-order valence-corrected chi connectivity index (χ0v) is 15.0. The summed E-state index contributed by atoms with van der Waals surface area (Å²) in [6.07, 6.45) is 3.56. The molecule has 1 aliphatic rings. The third-order valence-corrected chi connectivity index (χ3v) is 5.33. The van der Waals surface area contributed by atoms with Crippen LogP contribution in [0.3, 0.4) is 0 Å². The highest BCUT2D eigenvalue weighted by Gasteiger charge is 2.19. The van der Waals surface area contributed by atoms with Crippen molar-refractivity contribution in [3.05, 3.63) is 59.8 Å². The Labute approximate surface area is 154 Å². The molecule has 1 atom stereocenters. The van der Waals surface area contributed by atoms with E-state index in [1.165, 1.54) is 19.4 Å². The van der Waals surface area contributed by atoms with Crippen LogP contribution >= 0.6 is 0 Å². The van der Waals surface area contributed by atoms with Crippen molar-refractivity contribution in [2.75, 3.05) is 13.1 Å². The highest BCUT2D eigenvalue weighted by atomic mass is 15.2. The van der Waals surface area contributed by atoms with Crippen molar-refractivity contribution in [2.24, 2.45) is 0 Å². The Balaban J connectivity index is 1.53. The molecule has 3 aromatic rings. The molecule has 1 saturated heterocycles. The molecule has 0 N–H and O–H groups in total. The Morgan fingerprint density at radius 2 is 1.88 bits per heavy atom. The lowest BCUT2D eigenvalue weighted by atomic mass is 10.0. The van der Waals surface area contributed by atoms with Crippen molar-refractivity contribution in [1.82, 2.24) is 15.1 Å². The molecule has 1 fully saturated rings. The van der Waals surface area contributed by atoms with E-state index >= 15 is 0 Å². The lowest BCUT2D eigenvalue weighted by molar-refractivity contribution is 0.271. The van der Waals surface area contributed by atoms with E-state index in [-0.39, 0.29) is 0 Å². The van der Waals surface area contributed by atoms with Gasteiger partial charge in [0.05, 0.1) is 22.8 Å². The maximum atomic E-state index is 8.92. The van der Waals surface area contributed by atoms with Crippen LogP contribution in [0.2, 0.25) is 0 Å². The maximum absolute atomic E-state index is 8.92. The average molecular weight is 342 g/mol. The summed E-state index contributed by atoms with van der Waals surface area (Å²) in [5.74, 6) is 0. The Morgan fingerprint density at radius 1 is 1.08 bits per heavy atom. The SMILES string of the molecule is CC1CCCN1CCc1cc2ccc(-c3ccc(C#N)cc3)cc2nn1. The molecule has 2 heterocycles. The molecule has 1 aromatic heterocycles. The summed E-state index contributed by atoms with van der Waals surface area (Å²) in [6, 6.07) is 18.9. The van der Waals surface area contributed by atoms with Crippen LogP contribution in [0.4, 0.5) is 0 Å². The first kappa shape index (κ1) is 16.7. The number of hydrogen-bond donors (Lipinski definition) is 0. The fourth-order valence-corrected chi connectivity index (χ4v) is 3.70. The number of benzene rings is 2. The molecule has 0 amide bonds. The third-order valence-electron chi connectivity index (χ3n) is 5.33. The summed E-state index contributed by atoms with van der Waals surface area (Å²) in [5, 5.41) is 18.9. The number of likely N-dealkylation sites (tertiary alicyclic amines) is 1. The predicted molar refractivity (Wildman–Crippen MR) is 104 cm³/mol. The van der Waals surface area contributed by atoms with Gasteiger partial charge in [-0.1, -0.05) is 24.3 Å². The zero-order chi connectivity index (χ0) is 17.9. The molecule has 130 valence electrons. The van der Waals surface area contributed by atoms with E-state index in [0.717, 1.165) is 40.7 Å². The smallest absolute Gasteiger partial charge is 0.0991 e. The van der Waals surface area contributed by atoms with E-state index in [0.29, 0.717) is 11.6 Å². The first-order chi connectivity index (χ1) is 12.7. The van der Waals surface area contributed by atoms with Gasteiger partial charge in [-0.2, -0.15) is 15.5 Å². The molecule has 0 radical (unpaired) electrons. The molecule has 0 spiro atoms. The fourth-order valence-electron chi connectivity index (χ4n) is 3.70. The number of hydrogen-bond acceptors (Lipinski definition) is 4. The monoisotopic (exact) mass is 342 g/mol. The fraction of sp³-hybridized carbons (Fsp3) is 0.318. The van der Waals surface area contributed by atoms with Gasteiger partial charge in [0, 0.05) is 24.4 Å². The van der Waals surface area contributed by atoms with Gasteiger partial charge >= 0.3 is 0 Å². The molecule has 0 saturated carbocycles. The molecule has 1 aliphatic heterocycles. The minimum atomic E-state index is 0.672. The average Bonchev–Trinajstić information content (AvgIpc) is 3.10. The van der Waals surface area contributed by atoms with Crippen molar-refractivity contribution >= 4 is 10.9 Å². The van der Waals surface area contributed by atoms with Gasteiger partial charge in [-0.15, -0.1) is 0 Å². The van der Waals surface area contributed by atoms with Crippen LogP contribution in [-0.2, 0) is 6.42 Å². The first-order valence-electron chi connectivity index (χ1n) is 9.24. The Kier molecular flexibility index (Phi) is 4.64. The van der Waals surface area contributed by atoms with Crippen molar-refractivity contribution in [2.45, 2.75) is 32.2 Å². The Morgan fingerprint density at radius 3 is 2.62 bits per heavy atom. The summed E-state index contributed by atoms with van der Waals surface area (Å²) in [5.41, 5.74) is 4.81. The van der Waals surface area contributed by atoms with E-state index in [9.17, 15) is 0 Å². The van der Waals surface area contributed by atoms with Gasteiger partial charge in [0.1, 0.15) is 0 Å². The van der Waals surface area contributed by atoms with Crippen molar-refractivity contribution in [1.29, 1.82) is 5.26 Å². The normalized spacial score (nSPS) is 17.5. The largest absolute Gasteiger partial charge is 0.300 e. The van der Waals surface area contributed by atoms with Crippen LogP contribution in [-0.4, -0.2) is 34.2 Å². The summed E-state index contributed by atoms with van der Waals surface area (Å²) in [6.45, 7) is 4.57. The Hall–Kier alpha value is -2.77. The van der Waals surface area contributed by atoms with Crippen LogP contribution < -0.4 is 0 Å². The predicted octanol–water partition coefficient (Wildman–Crippen LogP) is 4.20. The van der Waals surface area contributed by atoms with Gasteiger partial charge in [-0.25, -0.2) is 0 Å².